The number of benzene rings is 1. The molecule has 1 aliphatic rings. The minimum atomic E-state index is 0.203. The number of aromatic nitrogens is 2. The molecule has 0 spiro atoms. The van der Waals surface area contributed by atoms with Crippen molar-refractivity contribution in [3.63, 3.8) is 0 Å². The fourth-order valence-electron chi connectivity index (χ4n) is 3.01. The quantitative estimate of drug-likeness (QED) is 0.886. The van der Waals surface area contributed by atoms with E-state index in [9.17, 15) is 5.11 Å². The fourth-order valence-corrected chi connectivity index (χ4v) is 3.01. The molecule has 5 nitrogen and oxygen atoms in total. The van der Waals surface area contributed by atoms with Crippen LogP contribution in [0.1, 0.15) is 36.5 Å². The second kappa shape index (κ2) is 7.51. The van der Waals surface area contributed by atoms with Gasteiger partial charge in [0, 0.05) is 12.5 Å². The lowest BCUT2D eigenvalue weighted by Gasteiger charge is -2.33. The average Bonchev–Trinajstić information content (AvgIpc) is 3.02. The lowest BCUT2D eigenvalue weighted by molar-refractivity contribution is 0.0749. The van der Waals surface area contributed by atoms with Gasteiger partial charge in [-0.3, -0.25) is 4.90 Å². The highest BCUT2D eigenvalue weighted by Gasteiger charge is 2.23. The number of aliphatic hydroxyl groups excluding tert-OH is 1. The molecule has 1 N–H and O–H groups in total. The predicted molar refractivity (Wildman–Crippen MR) is 83.3 cm³/mol. The molecular formula is C17H23N3O2. The van der Waals surface area contributed by atoms with Crippen molar-refractivity contribution < 1.29 is 9.63 Å². The smallest absolute Gasteiger partial charge is 0.240 e. The standard InChI is InChI=1S/C17H23N3O2/c21-13-15-8-4-5-11-20(15)12-17-18-16(19-22-17)10-9-14-6-2-1-3-7-14/h1-3,6-7,15,21H,4-5,8-13H2/t15-/m0/s1. The lowest BCUT2D eigenvalue weighted by atomic mass is 10.0. The molecule has 0 aliphatic carbocycles. The molecule has 2 aromatic rings. The molecule has 5 heteroatoms. The van der Waals surface area contributed by atoms with Gasteiger partial charge in [0.1, 0.15) is 0 Å². The van der Waals surface area contributed by atoms with Crippen LogP contribution in [-0.4, -0.2) is 39.3 Å². The van der Waals surface area contributed by atoms with Gasteiger partial charge >= 0.3 is 0 Å². The Hall–Kier alpha value is -1.72. The molecule has 0 bridgehead atoms. The maximum atomic E-state index is 9.45. The summed E-state index contributed by atoms with van der Waals surface area (Å²) in [6, 6.07) is 10.6. The number of hydrogen-bond acceptors (Lipinski definition) is 5. The summed E-state index contributed by atoms with van der Waals surface area (Å²) in [5.41, 5.74) is 1.28. The van der Waals surface area contributed by atoms with Crippen LogP contribution < -0.4 is 0 Å². The van der Waals surface area contributed by atoms with E-state index >= 15 is 0 Å². The van der Waals surface area contributed by atoms with Crippen molar-refractivity contribution in [3.05, 3.63) is 47.6 Å². The second-order valence-corrected chi connectivity index (χ2v) is 5.89. The van der Waals surface area contributed by atoms with E-state index in [2.05, 4.69) is 27.2 Å². The summed E-state index contributed by atoms with van der Waals surface area (Å²) in [7, 11) is 0. The van der Waals surface area contributed by atoms with Gasteiger partial charge in [0.05, 0.1) is 13.2 Å². The summed E-state index contributed by atoms with van der Waals surface area (Å²) in [5, 5.41) is 13.5. The van der Waals surface area contributed by atoms with E-state index in [-0.39, 0.29) is 12.6 Å². The minimum absolute atomic E-state index is 0.203. The molecule has 22 heavy (non-hydrogen) atoms. The molecule has 0 saturated carbocycles. The molecule has 1 aromatic carbocycles. The topological polar surface area (TPSA) is 62.4 Å². The SMILES string of the molecule is OC[C@@H]1CCCCN1Cc1nc(CCc2ccccc2)no1. The van der Waals surface area contributed by atoms with E-state index in [1.54, 1.807) is 0 Å². The van der Waals surface area contributed by atoms with Crippen molar-refractivity contribution >= 4 is 0 Å². The zero-order valence-corrected chi connectivity index (χ0v) is 12.8. The first-order chi connectivity index (χ1) is 10.8. The lowest BCUT2D eigenvalue weighted by Crippen LogP contribution is -2.41. The third kappa shape index (κ3) is 3.93. The van der Waals surface area contributed by atoms with Gasteiger partial charge in [-0.1, -0.05) is 41.9 Å². The summed E-state index contributed by atoms with van der Waals surface area (Å²) in [6.45, 7) is 1.84. The Bertz CT molecular complexity index is 570. The van der Waals surface area contributed by atoms with Crippen LogP contribution in [0.15, 0.2) is 34.9 Å². The molecule has 1 aromatic heterocycles. The maximum absolute atomic E-state index is 9.45. The second-order valence-electron chi connectivity index (χ2n) is 5.89. The van der Waals surface area contributed by atoms with Crippen molar-refractivity contribution in [2.24, 2.45) is 0 Å². The molecule has 1 aliphatic heterocycles. The molecule has 3 rings (SSSR count). The van der Waals surface area contributed by atoms with Crippen molar-refractivity contribution in [3.8, 4) is 0 Å². The van der Waals surface area contributed by atoms with Crippen LogP contribution in [0.5, 0.6) is 0 Å². The third-order valence-corrected chi connectivity index (χ3v) is 4.29. The normalized spacial score (nSPS) is 19.4. The first-order valence-electron chi connectivity index (χ1n) is 8.05. The number of piperidine rings is 1. The zero-order chi connectivity index (χ0) is 15.2. The van der Waals surface area contributed by atoms with Crippen molar-refractivity contribution in [2.45, 2.75) is 44.7 Å². The third-order valence-electron chi connectivity index (χ3n) is 4.29. The van der Waals surface area contributed by atoms with Crippen molar-refractivity contribution in [1.29, 1.82) is 0 Å². The number of aryl methyl sites for hydroxylation is 2. The van der Waals surface area contributed by atoms with Gasteiger partial charge in [-0.2, -0.15) is 4.98 Å². The van der Waals surface area contributed by atoms with Crippen molar-refractivity contribution in [1.82, 2.24) is 15.0 Å². The number of likely N-dealkylation sites (tertiary alicyclic amines) is 1. The summed E-state index contributed by atoms with van der Waals surface area (Å²) in [5.74, 6) is 1.42. The number of hydrogen-bond donors (Lipinski definition) is 1. The predicted octanol–water partition coefficient (Wildman–Crippen LogP) is 2.20. The van der Waals surface area contributed by atoms with Crippen LogP contribution in [0, 0.1) is 0 Å². The van der Waals surface area contributed by atoms with Crippen LogP contribution in [0.4, 0.5) is 0 Å². The van der Waals surface area contributed by atoms with E-state index in [1.165, 1.54) is 18.4 Å². The molecule has 118 valence electrons. The van der Waals surface area contributed by atoms with Gasteiger partial charge in [-0.25, -0.2) is 0 Å². The zero-order valence-electron chi connectivity index (χ0n) is 12.8. The van der Waals surface area contributed by atoms with E-state index in [0.717, 1.165) is 31.6 Å². The Morgan fingerprint density at radius 2 is 2.05 bits per heavy atom. The van der Waals surface area contributed by atoms with Crippen LogP contribution in [-0.2, 0) is 19.4 Å². The molecule has 2 heterocycles. The Morgan fingerprint density at radius 3 is 2.86 bits per heavy atom. The van der Waals surface area contributed by atoms with Gasteiger partial charge in [-0.05, 0) is 31.4 Å². The number of rotatable bonds is 6. The Labute approximate surface area is 131 Å². The first kappa shape index (κ1) is 15.2. The van der Waals surface area contributed by atoms with Crippen molar-refractivity contribution in [2.75, 3.05) is 13.2 Å². The summed E-state index contributed by atoms with van der Waals surface area (Å²) in [6.07, 6.45) is 5.12. The van der Waals surface area contributed by atoms with E-state index < -0.39 is 0 Å². The van der Waals surface area contributed by atoms with Gasteiger partial charge in [0.15, 0.2) is 5.82 Å². The fraction of sp³-hybridized carbons (Fsp3) is 0.529. The molecule has 1 fully saturated rings. The van der Waals surface area contributed by atoms with Crippen LogP contribution >= 0.6 is 0 Å². The largest absolute Gasteiger partial charge is 0.395 e. The molecule has 0 unspecified atom stereocenters. The van der Waals surface area contributed by atoms with Crippen LogP contribution in [0.3, 0.4) is 0 Å². The summed E-state index contributed by atoms with van der Waals surface area (Å²) in [4.78, 5) is 6.74. The van der Waals surface area contributed by atoms with Gasteiger partial charge in [-0.15, -0.1) is 0 Å². The average molecular weight is 301 g/mol. The molecule has 1 saturated heterocycles. The first-order valence-corrected chi connectivity index (χ1v) is 8.05. The van der Waals surface area contributed by atoms with E-state index in [1.807, 2.05) is 18.2 Å². The maximum Gasteiger partial charge on any atom is 0.240 e. The number of aliphatic hydroxyl groups is 1. The molecular weight excluding hydrogens is 278 g/mol. The van der Waals surface area contributed by atoms with Crippen LogP contribution in [0.25, 0.3) is 0 Å². The Kier molecular flexibility index (Phi) is 5.19. The highest BCUT2D eigenvalue weighted by Crippen LogP contribution is 2.18. The molecule has 0 radical (unpaired) electrons. The Balaban J connectivity index is 1.54. The van der Waals surface area contributed by atoms with Gasteiger partial charge in [0.25, 0.3) is 0 Å². The minimum Gasteiger partial charge on any atom is -0.395 e. The highest BCUT2D eigenvalue weighted by molar-refractivity contribution is 5.15. The van der Waals surface area contributed by atoms with Gasteiger partial charge < -0.3 is 9.63 Å². The van der Waals surface area contributed by atoms with Gasteiger partial charge in [0.2, 0.25) is 5.89 Å². The van der Waals surface area contributed by atoms with Crippen LogP contribution in [0.2, 0.25) is 0 Å². The summed E-state index contributed by atoms with van der Waals surface area (Å²) >= 11 is 0. The van der Waals surface area contributed by atoms with E-state index in [0.29, 0.717) is 12.4 Å². The number of nitrogens with zero attached hydrogens (tertiary/aromatic N) is 3. The molecule has 1 atom stereocenters. The highest BCUT2D eigenvalue weighted by atomic mass is 16.5. The monoisotopic (exact) mass is 301 g/mol. The Morgan fingerprint density at radius 1 is 1.18 bits per heavy atom. The molecule has 0 amide bonds. The summed E-state index contributed by atoms with van der Waals surface area (Å²) < 4.78 is 5.36. The van der Waals surface area contributed by atoms with E-state index in [4.69, 9.17) is 4.52 Å².